The summed E-state index contributed by atoms with van der Waals surface area (Å²) in [5, 5.41) is 26.3. The number of aliphatic hydroxyl groups excluding tert-OH is 1. The van der Waals surface area contributed by atoms with Gasteiger partial charge in [-0.25, -0.2) is 4.79 Å². The number of rotatable bonds is 17. The molecule has 5 unspecified atom stereocenters. The summed E-state index contributed by atoms with van der Waals surface area (Å²) in [7, 11) is 0. The van der Waals surface area contributed by atoms with Gasteiger partial charge in [-0.05, 0) is 50.2 Å². The van der Waals surface area contributed by atoms with E-state index in [2.05, 4.69) is 16.0 Å². The molecule has 9 N–H and O–H groups in total. The summed E-state index contributed by atoms with van der Waals surface area (Å²) in [5.41, 5.74) is 11.4. The number of amides is 3. The zero-order chi connectivity index (χ0) is 24.7. The molecule has 32 heavy (non-hydrogen) atoms. The van der Waals surface area contributed by atoms with Crippen molar-refractivity contribution in [2.75, 3.05) is 25.2 Å². The number of carboxylic acid groups (broad SMARTS) is 1. The first-order valence-electron chi connectivity index (χ1n) is 10.8. The minimum atomic E-state index is -1.30. The maximum atomic E-state index is 12.7. The molecule has 0 heterocycles. The van der Waals surface area contributed by atoms with Crippen LogP contribution in [-0.4, -0.2) is 83.2 Å². The first-order valence-corrected chi connectivity index (χ1v) is 12.2. The van der Waals surface area contributed by atoms with Crippen molar-refractivity contribution < 1.29 is 29.4 Å². The first-order chi connectivity index (χ1) is 15.1. The largest absolute Gasteiger partial charge is 0.480 e. The number of carboxylic acids is 1. The van der Waals surface area contributed by atoms with Gasteiger partial charge >= 0.3 is 5.97 Å². The van der Waals surface area contributed by atoms with Gasteiger partial charge in [0, 0.05) is 0 Å². The summed E-state index contributed by atoms with van der Waals surface area (Å²) in [6, 6.07) is -4.28. The van der Waals surface area contributed by atoms with Crippen molar-refractivity contribution >= 4 is 35.5 Å². The van der Waals surface area contributed by atoms with Crippen LogP contribution in [-0.2, 0) is 19.2 Å². The lowest BCUT2D eigenvalue weighted by Crippen LogP contribution is -2.58. The third kappa shape index (κ3) is 11.1. The van der Waals surface area contributed by atoms with Crippen molar-refractivity contribution in [1.82, 2.24) is 16.0 Å². The highest BCUT2D eigenvalue weighted by Gasteiger charge is 2.30. The van der Waals surface area contributed by atoms with Crippen LogP contribution in [0.2, 0.25) is 0 Å². The molecular formula is C20H39N5O6S. The number of carbonyl (C=O) groups excluding carboxylic acids is 3. The smallest absolute Gasteiger partial charge is 0.326 e. The van der Waals surface area contributed by atoms with E-state index >= 15 is 0 Å². The number of hydrogen-bond acceptors (Lipinski definition) is 8. The van der Waals surface area contributed by atoms with E-state index in [9.17, 15) is 29.4 Å². The molecule has 186 valence electrons. The second-order valence-corrected chi connectivity index (χ2v) is 8.67. The number of thioether (sulfide) groups is 1. The average Bonchev–Trinajstić information content (AvgIpc) is 2.77. The van der Waals surface area contributed by atoms with Gasteiger partial charge in [0.25, 0.3) is 0 Å². The lowest BCUT2D eigenvalue weighted by molar-refractivity contribution is -0.142. The van der Waals surface area contributed by atoms with Gasteiger partial charge in [-0.3, -0.25) is 14.4 Å². The third-order valence-electron chi connectivity index (χ3n) is 5.18. The Balaban J connectivity index is 5.26. The Bertz CT molecular complexity index is 609. The standard InChI is InChI=1S/C20H39N5O6S/c1-4-12(2)16(22)19(29)25-15(11-26)18(28)23-13(7-5-6-9-21)17(27)24-14(20(30)31)8-10-32-3/h12-16,26H,4-11,21-22H2,1-3H3,(H,23,28)(H,24,27)(H,25,29)(H,30,31). The quantitative estimate of drug-likeness (QED) is 0.125. The van der Waals surface area contributed by atoms with E-state index in [0.717, 1.165) is 0 Å². The van der Waals surface area contributed by atoms with Gasteiger partial charge in [0.05, 0.1) is 12.6 Å². The van der Waals surface area contributed by atoms with Gasteiger partial charge in [-0.1, -0.05) is 20.3 Å². The second kappa shape index (κ2) is 16.7. The van der Waals surface area contributed by atoms with E-state index in [4.69, 9.17) is 11.5 Å². The van der Waals surface area contributed by atoms with E-state index in [0.29, 0.717) is 31.6 Å². The van der Waals surface area contributed by atoms with E-state index in [1.807, 2.05) is 13.2 Å². The van der Waals surface area contributed by atoms with Gasteiger partial charge < -0.3 is 37.6 Å². The van der Waals surface area contributed by atoms with Gasteiger partial charge in [0.2, 0.25) is 17.7 Å². The molecule has 0 aromatic heterocycles. The second-order valence-electron chi connectivity index (χ2n) is 7.68. The molecule has 0 bridgehead atoms. The number of nitrogens with two attached hydrogens (primary N) is 2. The molecule has 0 saturated carbocycles. The molecule has 0 radical (unpaired) electrons. The molecular weight excluding hydrogens is 438 g/mol. The van der Waals surface area contributed by atoms with Gasteiger partial charge in [0.1, 0.15) is 18.1 Å². The number of aliphatic carboxylic acids is 1. The van der Waals surface area contributed by atoms with Crippen molar-refractivity contribution in [3.05, 3.63) is 0 Å². The van der Waals surface area contributed by atoms with Crippen LogP contribution in [0, 0.1) is 5.92 Å². The number of aliphatic hydroxyl groups is 1. The maximum Gasteiger partial charge on any atom is 0.326 e. The summed E-state index contributed by atoms with van der Waals surface area (Å²) in [6.45, 7) is 3.39. The van der Waals surface area contributed by atoms with Crippen LogP contribution in [0.1, 0.15) is 46.0 Å². The third-order valence-corrected chi connectivity index (χ3v) is 5.82. The Labute approximate surface area is 193 Å². The van der Waals surface area contributed by atoms with Gasteiger partial charge in [-0.2, -0.15) is 11.8 Å². The Morgan fingerprint density at radius 2 is 1.50 bits per heavy atom. The predicted molar refractivity (Wildman–Crippen MR) is 124 cm³/mol. The first kappa shape index (κ1) is 30.1. The molecule has 0 spiro atoms. The zero-order valence-corrected chi connectivity index (χ0v) is 20.0. The summed E-state index contributed by atoms with van der Waals surface area (Å²) >= 11 is 1.45. The molecule has 0 rings (SSSR count). The zero-order valence-electron chi connectivity index (χ0n) is 19.1. The van der Waals surface area contributed by atoms with Crippen molar-refractivity contribution in [3.63, 3.8) is 0 Å². The lowest BCUT2D eigenvalue weighted by Gasteiger charge is -2.25. The maximum absolute atomic E-state index is 12.7. The van der Waals surface area contributed by atoms with E-state index in [1.54, 1.807) is 6.92 Å². The molecule has 12 heteroatoms. The average molecular weight is 478 g/mol. The normalized spacial score (nSPS) is 15.7. The molecule has 5 atom stereocenters. The topological polar surface area (TPSA) is 197 Å². The molecule has 0 aliphatic heterocycles. The molecule has 0 aromatic carbocycles. The molecule has 0 aliphatic carbocycles. The number of nitrogens with one attached hydrogen (secondary N) is 3. The minimum Gasteiger partial charge on any atom is -0.480 e. The van der Waals surface area contributed by atoms with Crippen molar-refractivity contribution in [3.8, 4) is 0 Å². The fourth-order valence-electron chi connectivity index (χ4n) is 2.77. The molecule has 0 fully saturated rings. The van der Waals surface area contributed by atoms with Crippen LogP contribution in [0.3, 0.4) is 0 Å². The van der Waals surface area contributed by atoms with Crippen LogP contribution in [0.5, 0.6) is 0 Å². The Morgan fingerprint density at radius 1 is 0.938 bits per heavy atom. The Hall–Kier alpha value is -1.89. The van der Waals surface area contributed by atoms with Gasteiger partial charge in [0.15, 0.2) is 0 Å². The van der Waals surface area contributed by atoms with Crippen LogP contribution in [0.4, 0.5) is 0 Å². The highest BCUT2D eigenvalue weighted by molar-refractivity contribution is 7.98. The fourth-order valence-corrected chi connectivity index (χ4v) is 3.25. The van der Waals surface area contributed by atoms with Crippen molar-refractivity contribution in [2.24, 2.45) is 17.4 Å². The molecule has 0 saturated heterocycles. The van der Waals surface area contributed by atoms with Crippen molar-refractivity contribution in [1.29, 1.82) is 0 Å². The van der Waals surface area contributed by atoms with Crippen LogP contribution in [0.25, 0.3) is 0 Å². The molecule has 0 aromatic rings. The Kier molecular flexibility index (Phi) is 15.7. The van der Waals surface area contributed by atoms with Crippen LogP contribution >= 0.6 is 11.8 Å². The van der Waals surface area contributed by atoms with Crippen molar-refractivity contribution in [2.45, 2.75) is 70.1 Å². The Morgan fingerprint density at radius 3 is 2.00 bits per heavy atom. The van der Waals surface area contributed by atoms with Crippen LogP contribution < -0.4 is 27.4 Å². The monoisotopic (exact) mass is 477 g/mol. The summed E-state index contributed by atoms with van der Waals surface area (Å²) < 4.78 is 0. The predicted octanol–water partition coefficient (Wildman–Crippen LogP) is -1.23. The number of carbonyl (C=O) groups is 4. The van der Waals surface area contributed by atoms with E-state index in [-0.39, 0.29) is 18.8 Å². The SMILES string of the molecule is CCC(C)C(N)C(=O)NC(CO)C(=O)NC(CCCCN)C(=O)NC(CCSC)C(=O)O. The van der Waals surface area contributed by atoms with E-state index < -0.39 is 54.5 Å². The fraction of sp³-hybridized carbons (Fsp3) is 0.800. The lowest BCUT2D eigenvalue weighted by atomic mass is 9.99. The molecule has 3 amide bonds. The minimum absolute atomic E-state index is 0.124. The highest BCUT2D eigenvalue weighted by Crippen LogP contribution is 2.07. The summed E-state index contributed by atoms with van der Waals surface area (Å²) in [5.74, 6) is -2.75. The number of unbranched alkanes of at least 4 members (excludes halogenated alkanes) is 1. The van der Waals surface area contributed by atoms with Crippen LogP contribution in [0.15, 0.2) is 0 Å². The summed E-state index contributed by atoms with van der Waals surface area (Å²) in [6.07, 6.45) is 4.07. The molecule has 11 nitrogen and oxygen atoms in total. The molecule has 0 aliphatic rings. The summed E-state index contributed by atoms with van der Waals surface area (Å²) in [4.78, 5) is 49.1. The number of hydrogen-bond donors (Lipinski definition) is 7. The van der Waals surface area contributed by atoms with E-state index in [1.165, 1.54) is 11.8 Å². The highest BCUT2D eigenvalue weighted by atomic mass is 32.2. The van der Waals surface area contributed by atoms with Gasteiger partial charge in [-0.15, -0.1) is 0 Å².